The van der Waals surface area contributed by atoms with Crippen LogP contribution in [0, 0.1) is 0 Å². The van der Waals surface area contributed by atoms with E-state index < -0.39 is 12.0 Å². The summed E-state index contributed by atoms with van der Waals surface area (Å²) in [6.07, 6.45) is -4.24. The zero-order valence-electron chi connectivity index (χ0n) is 16.0. The fraction of sp³-hybridized carbons (Fsp3) is 0.429. The van der Waals surface area contributed by atoms with Gasteiger partial charge in [-0.25, -0.2) is 0 Å². The molecule has 0 spiro atoms. The Kier molecular flexibility index (Phi) is 5.98. The molecule has 3 rings (SSSR count). The minimum absolute atomic E-state index is 0.180. The lowest BCUT2D eigenvalue weighted by atomic mass is 9.79. The number of likely N-dealkylation sites (tertiary alicyclic amines) is 1. The van der Waals surface area contributed by atoms with Crippen LogP contribution in [0.1, 0.15) is 17.5 Å². The van der Waals surface area contributed by atoms with Crippen molar-refractivity contribution < 1.29 is 23.0 Å². The predicted octanol–water partition coefficient (Wildman–Crippen LogP) is 3.61. The highest BCUT2D eigenvalue weighted by Gasteiger charge is 2.44. The van der Waals surface area contributed by atoms with Gasteiger partial charge in [-0.3, -0.25) is 4.90 Å². The van der Waals surface area contributed by atoms with Crippen molar-refractivity contribution in [3.05, 3.63) is 65.7 Å². The van der Waals surface area contributed by atoms with Crippen molar-refractivity contribution in [1.29, 1.82) is 0 Å². The Hall–Kier alpha value is -2.09. The highest BCUT2D eigenvalue weighted by Crippen LogP contribution is 2.36. The van der Waals surface area contributed by atoms with Gasteiger partial charge in [0.05, 0.1) is 6.04 Å². The zero-order valence-corrected chi connectivity index (χ0v) is 16.0. The van der Waals surface area contributed by atoms with E-state index in [4.69, 9.17) is 0 Å². The van der Waals surface area contributed by atoms with E-state index >= 15 is 0 Å². The first kappa shape index (κ1) is 20.6. The summed E-state index contributed by atoms with van der Waals surface area (Å²) in [7, 11) is 3.81. The summed E-state index contributed by atoms with van der Waals surface area (Å²) >= 11 is 0. The average Bonchev–Trinajstić information content (AvgIpc) is 2.64. The number of alkyl halides is 3. The molecule has 2 aromatic carbocycles. The minimum atomic E-state index is -4.72. The number of likely N-dealkylation sites (N-methyl/N-ethyl adjacent to an activating group) is 1. The van der Waals surface area contributed by atoms with Crippen LogP contribution in [0.15, 0.2) is 54.6 Å². The van der Waals surface area contributed by atoms with Gasteiger partial charge in [0, 0.05) is 25.2 Å². The van der Waals surface area contributed by atoms with Crippen molar-refractivity contribution in [2.45, 2.75) is 31.0 Å². The van der Waals surface area contributed by atoms with Gasteiger partial charge in [-0.05, 0) is 32.1 Å². The van der Waals surface area contributed by atoms with Crippen LogP contribution in [0.4, 0.5) is 13.2 Å². The second-order valence-electron chi connectivity index (χ2n) is 7.41. The fourth-order valence-electron chi connectivity index (χ4n) is 3.88. The Balaban J connectivity index is 1.79. The quantitative estimate of drug-likeness (QED) is 0.841. The van der Waals surface area contributed by atoms with Gasteiger partial charge >= 0.3 is 6.36 Å². The molecule has 7 heteroatoms. The Labute approximate surface area is 163 Å². The Morgan fingerprint density at radius 3 is 2.39 bits per heavy atom. The van der Waals surface area contributed by atoms with Crippen LogP contribution >= 0.6 is 0 Å². The molecule has 1 fully saturated rings. The normalized spacial score (nSPS) is 23.8. The summed E-state index contributed by atoms with van der Waals surface area (Å²) in [5.41, 5.74) is 0.320. The van der Waals surface area contributed by atoms with Gasteiger partial charge in [-0.2, -0.15) is 0 Å². The van der Waals surface area contributed by atoms with Crippen LogP contribution in [0.2, 0.25) is 0 Å². The van der Waals surface area contributed by atoms with E-state index in [1.54, 1.807) is 12.1 Å². The van der Waals surface area contributed by atoms with Gasteiger partial charge in [0.15, 0.2) is 0 Å². The van der Waals surface area contributed by atoms with Crippen LogP contribution in [0.5, 0.6) is 5.75 Å². The second-order valence-corrected chi connectivity index (χ2v) is 7.41. The number of aliphatic hydroxyl groups is 1. The molecule has 1 saturated heterocycles. The van der Waals surface area contributed by atoms with E-state index in [9.17, 15) is 18.3 Å². The fourth-order valence-corrected chi connectivity index (χ4v) is 3.88. The molecular formula is C21H25F3N2O2. The highest BCUT2D eigenvalue weighted by atomic mass is 19.4. The topological polar surface area (TPSA) is 35.9 Å². The molecule has 4 nitrogen and oxygen atoms in total. The van der Waals surface area contributed by atoms with Crippen molar-refractivity contribution in [3.8, 4) is 5.75 Å². The van der Waals surface area contributed by atoms with Gasteiger partial charge in [-0.15, -0.1) is 13.2 Å². The minimum Gasteiger partial charge on any atom is -0.405 e. The van der Waals surface area contributed by atoms with Crippen LogP contribution in [0.3, 0.4) is 0 Å². The molecule has 2 aromatic rings. The van der Waals surface area contributed by atoms with E-state index in [1.165, 1.54) is 12.1 Å². The molecule has 0 radical (unpaired) electrons. The largest absolute Gasteiger partial charge is 0.573 e. The van der Waals surface area contributed by atoms with Crippen molar-refractivity contribution in [2.75, 3.05) is 27.2 Å². The molecule has 0 amide bonds. The van der Waals surface area contributed by atoms with E-state index in [0.717, 1.165) is 5.56 Å². The van der Waals surface area contributed by atoms with E-state index in [0.29, 0.717) is 31.6 Å². The number of piperidine rings is 1. The third-order valence-corrected chi connectivity index (χ3v) is 5.28. The molecule has 1 N–H and O–H groups in total. The third kappa shape index (κ3) is 4.66. The summed E-state index contributed by atoms with van der Waals surface area (Å²) < 4.78 is 42.2. The lowest BCUT2D eigenvalue weighted by Crippen LogP contribution is -2.58. The Bertz CT molecular complexity index is 783. The summed E-state index contributed by atoms with van der Waals surface area (Å²) in [6, 6.07) is 15.5. The molecule has 0 bridgehead atoms. The molecule has 1 aliphatic rings. The van der Waals surface area contributed by atoms with Crippen LogP contribution in [0.25, 0.3) is 0 Å². The first-order valence-corrected chi connectivity index (χ1v) is 9.19. The maximum atomic E-state index is 12.7. The summed E-state index contributed by atoms with van der Waals surface area (Å²) in [6.45, 7) is 1.41. The van der Waals surface area contributed by atoms with Gasteiger partial charge in [0.2, 0.25) is 0 Å². The van der Waals surface area contributed by atoms with Gasteiger partial charge in [0.1, 0.15) is 11.4 Å². The van der Waals surface area contributed by atoms with E-state index in [1.807, 2.05) is 49.3 Å². The molecule has 2 atom stereocenters. The van der Waals surface area contributed by atoms with Crippen LogP contribution in [-0.4, -0.2) is 54.5 Å². The van der Waals surface area contributed by atoms with Gasteiger partial charge in [-0.1, -0.05) is 48.5 Å². The monoisotopic (exact) mass is 394 g/mol. The number of ether oxygens (including phenoxy) is 1. The number of para-hydroxylation sites is 1. The maximum absolute atomic E-state index is 12.7. The molecule has 0 aliphatic carbocycles. The SMILES string of the molecule is CN(C)[C@@H]1CN(Cc2ccccc2OC(F)(F)F)CC[C@]1(O)c1ccccc1. The van der Waals surface area contributed by atoms with Gasteiger partial charge < -0.3 is 14.7 Å². The van der Waals surface area contributed by atoms with Crippen molar-refractivity contribution in [3.63, 3.8) is 0 Å². The number of halogens is 3. The smallest absolute Gasteiger partial charge is 0.405 e. The summed E-state index contributed by atoms with van der Waals surface area (Å²) in [5.74, 6) is -0.180. The zero-order chi connectivity index (χ0) is 20.4. The molecule has 0 unspecified atom stereocenters. The summed E-state index contributed by atoms with van der Waals surface area (Å²) in [5, 5.41) is 11.4. The first-order chi connectivity index (χ1) is 13.2. The predicted molar refractivity (Wildman–Crippen MR) is 101 cm³/mol. The molecule has 28 heavy (non-hydrogen) atoms. The molecule has 1 aliphatic heterocycles. The molecule has 152 valence electrons. The standard InChI is InChI=1S/C21H25F3N2O2/c1-25(2)19-15-26(13-12-20(19,27)17-9-4-3-5-10-17)14-16-8-6-7-11-18(16)28-21(22,23)24/h3-11,19,27H,12-15H2,1-2H3/t19-,20+/m1/s1. The Morgan fingerprint density at radius 2 is 1.75 bits per heavy atom. The number of benzene rings is 2. The van der Waals surface area contributed by atoms with Crippen molar-refractivity contribution >= 4 is 0 Å². The number of rotatable bonds is 5. The lowest BCUT2D eigenvalue weighted by Gasteiger charge is -2.47. The third-order valence-electron chi connectivity index (χ3n) is 5.28. The highest BCUT2D eigenvalue weighted by molar-refractivity contribution is 5.34. The van der Waals surface area contributed by atoms with E-state index in [-0.39, 0.29) is 11.8 Å². The maximum Gasteiger partial charge on any atom is 0.573 e. The second kappa shape index (κ2) is 8.11. The number of nitrogens with zero attached hydrogens (tertiary/aromatic N) is 2. The number of hydrogen-bond donors (Lipinski definition) is 1. The molecule has 1 heterocycles. The summed E-state index contributed by atoms with van der Waals surface area (Å²) in [4.78, 5) is 4.03. The average molecular weight is 394 g/mol. The van der Waals surface area contributed by atoms with Crippen LogP contribution in [-0.2, 0) is 12.1 Å². The van der Waals surface area contributed by atoms with Crippen LogP contribution < -0.4 is 4.74 Å². The molecular weight excluding hydrogens is 369 g/mol. The lowest BCUT2D eigenvalue weighted by molar-refractivity contribution is -0.275. The van der Waals surface area contributed by atoms with E-state index in [2.05, 4.69) is 9.64 Å². The number of hydrogen-bond acceptors (Lipinski definition) is 4. The van der Waals surface area contributed by atoms with Gasteiger partial charge in [0.25, 0.3) is 0 Å². The van der Waals surface area contributed by atoms with Crippen molar-refractivity contribution in [1.82, 2.24) is 9.80 Å². The Morgan fingerprint density at radius 1 is 1.11 bits per heavy atom. The van der Waals surface area contributed by atoms with Crippen molar-refractivity contribution in [2.24, 2.45) is 0 Å². The molecule has 0 aromatic heterocycles. The molecule has 0 saturated carbocycles. The first-order valence-electron chi connectivity index (χ1n) is 9.19.